The maximum absolute atomic E-state index is 14.5. The molecule has 0 aliphatic rings. The Morgan fingerprint density at radius 1 is 1.08 bits per heavy atom. The highest BCUT2D eigenvalue weighted by molar-refractivity contribution is 6.30. The van der Waals surface area contributed by atoms with Gasteiger partial charge < -0.3 is 15.6 Å². The van der Waals surface area contributed by atoms with Crippen LogP contribution in [0.1, 0.15) is 25.0 Å². The minimum absolute atomic E-state index is 0.0883. The van der Waals surface area contributed by atoms with Gasteiger partial charge in [0.25, 0.3) is 0 Å². The maximum Gasteiger partial charge on any atom is 0.323 e. The first-order valence-electron chi connectivity index (χ1n) is 7.66. The van der Waals surface area contributed by atoms with Crippen LogP contribution in [0.25, 0.3) is 0 Å². The number of nitrogens with two attached hydrogens (primary N) is 1. The minimum Gasteiger partial charge on any atom is -0.458 e. The van der Waals surface area contributed by atoms with Crippen LogP contribution < -0.4 is 5.73 Å². The van der Waals surface area contributed by atoms with Gasteiger partial charge in [-0.2, -0.15) is 0 Å². The quantitative estimate of drug-likeness (QED) is 0.744. The molecule has 0 unspecified atom stereocenters. The lowest BCUT2D eigenvalue weighted by molar-refractivity contribution is -0.161. The lowest BCUT2D eigenvalue weighted by Crippen LogP contribution is -2.45. The highest BCUT2D eigenvalue weighted by atomic mass is 35.5. The fourth-order valence-electron chi connectivity index (χ4n) is 2.55. The fourth-order valence-corrected chi connectivity index (χ4v) is 2.86. The summed E-state index contributed by atoms with van der Waals surface area (Å²) in [5.74, 6) is -2.62. The van der Waals surface area contributed by atoms with Gasteiger partial charge >= 0.3 is 5.97 Å². The highest BCUT2D eigenvalue weighted by Crippen LogP contribution is 2.39. The Kier molecular flexibility index (Phi) is 6.24. The van der Waals surface area contributed by atoms with Gasteiger partial charge in [0.2, 0.25) is 0 Å². The summed E-state index contributed by atoms with van der Waals surface area (Å²) < 4.78 is 34.2. The van der Waals surface area contributed by atoms with Crippen molar-refractivity contribution in [3.05, 3.63) is 69.2 Å². The molecule has 0 bridgehead atoms. The van der Waals surface area contributed by atoms with Gasteiger partial charge in [-0.05, 0) is 38.1 Å². The Hall–Kier alpha value is -1.73. The molecule has 2 rings (SSSR count). The monoisotopic (exact) mass is 403 g/mol. The van der Waals surface area contributed by atoms with Crippen LogP contribution in [-0.4, -0.2) is 23.2 Å². The predicted octanol–water partition coefficient (Wildman–Crippen LogP) is 3.79. The molecule has 26 heavy (non-hydrogen) atoms. The number of aliphatic hydroxyl groups is 1. The van der Waals surface area contributed by atoms with Crippen molar-refractivity contribution in [1.29, 1.82) is 0 Å². The zero-order chi connectivity index (χ0) is 19.6. The van der Waals surface area contributed by atoms with Crippen LogP contribution in [-0.2, 0) is 15.1 Å². The summed E-state index contributed by atoms with van der Waals surface area (Å²) in [6.45, 7) is 2.70. The molecule has 2 aromatic rings. The molecule has 0 saturated carbocycles. The van der Waals surface area contributed by atoms with E-state index in [-0.39, 0.29) is 21.2 Å². The summed E-state index contributed by atoms with van der Waals surface area (Å²) in [7, 11) is 0. The van der Waals surface area contributed by atoms with E-state index in [2.05, 4.69) is 0 Å². The Balaban J connectivity index is 2.66. The number of halogens is 4. The first-order chi connectivity index (χ1) is 12.1. The van der Waals surface area contributed by atoms with E-state index in [1.807, 2.05) is 0 Å². The van der Waals surface area contributed by atoms with Gasteiger partial charge in [0.15, 0.2) is 5.60 Å². The number of hydrogen-bond donors (Lipinski definition) is 2. The summed E-state index contributed by atoms with van der Waals surface area (Å²) >= 11 is 11.5. The van der Waals surface area contributed by atoms with Gasteiger partial charge in [-0.3, -0.25) is 4.79 Å². The highest BCUT2D eigenvalue weighted by Gasteiger charge is 2.44. The van der Waals surface area contributed by atoms with E-state index in [0.717, 1.165) is 12.1 Å². The van der Waals surface area contributed by atoms with Gasteiger partial charge in [0.1, 0.15) is 23.8 Å². The summed E-state index contributed by atoms with van der Waals surface area (Å²) in [4.78, 5) is 11.9. The summed E-state index contributed by atoms with van der Waals surface area (Å²) in [6, 6.07) is 6.01. The Labute approximate surface area is 159 Å². The molecule has 3 N–H and O–H groups in total. The standard InChI is InChI=1S/C18H17Cl2F2NO3/c1-9(23)17(24)26-10(2)18(25,13-5-3-11(19)7-15(13)21)14-6-4-12(20)8-16(14)22/h3-10,25H,23H2,1-2H3/t9-,10-/m0/s1. The Morgan fingerprint density at radius 2 is 1.50 bits per heavy atom. The average Bonchev–Trinajstić information content (AvgIpc) is 2.53. The summed E-state index contributed by atoms with van der Waals surface area (Å²) in [5, 5.41) is 11.5. The van der Waals surface area contributed by atoms with E-state index >= 15 is 0 Å². The molecule has 0 aliphatic carbocycles. The molecule has 8 heteroatoms. The second-order valence-electron chi connectivity index (χ2n) is 5.88. The zero-order valence-corrected chi connectivity index (χ0v) is 15.5. The van der Waals surface area contributed by atoms with Crippen molar-refractivity contribution in [3.8, 4) is 0 Å². The van der Waals surface area contributed by atoms with Gasteiger partial charge in [0.05, 0.1) is 0 Å². The van der Waals surface area contributed by atoms with Crippen molar-refractivity contribution >= 4 is 29.2 Å². The lowest BCUT2D eigenvalue weighted by atomic mass is 9.81. The molecule has 4 nitrogen and oxygen atoms in total. The molecule has 0 heterocycles. The van der Waals surface area contributed by atoms with Gasteiger partial charge in [-0.1, -0.05) is 35.3 Å². The second-order valence-corrected chi connectivity index (χ2v) is 6.76. The number of carbonyl (C=O) groups is 1. The molecule has 0 amide bonds. The zero-order valence-electron chi connectivity index (χ0n) is 14.0. The SMILES string of the molecule is C[C@H](N)C(=O)O[C@@H](C)C(O)(c1ccc(Cl)cc1F)c1ccc(Cl)cc1F. The number of benzene rings is 2. The van der Waals surface area contributed by atoms with Gasteiger partial charge in [-0.15, -0.1) is 0 Å². The third-order valence-electron chi connectivity index (χ3n) is 3.94. The molecule has 0 saturated heterocycles. The Morgan fingerprint density at radius 3 is 1.85 bits per heavy atom. The van der Waals surface area contributed by atoms with Crippen molar-refractivity contribution in [3.63, 3.8) is 0 Å². The van der Waals surface area contributed by atoms with E-state index < -0.39 is 35.4 Å². The summed E-state index contributed by atoms with van der Waals surface area (Å²) in [6.07, 6.45) is -1.37. The average molecular weight is 404 g/mol. The molecule has 0 radical (unpaired) electrons. The molecular weight excluding hydrogens is 387 g/mol. The lowest BCUT2D eigenvalue weighted by Gasteiger charge is -2.35. The molecule has 2 atom stereocenters. The molecule has 0 fully saturated rings. The molecule has 0 aromatic heterocycles. The predicted molar refractivity (Wildman–Crippen MR) is 95.0 cm³/mol. The van der Waals surface area contributed by atoms with Gasteiger partial charge in [0, 0.05) is 21.2 Å². The summed E-state index contributed by atoms with van der Waals surface area (Å²) in [5.41, 5.74) is 2.50. The van der Waals surface area contributed by atoms with Crippen LogP contribution in [0.2, 0.25) is 10.0 Å². The first kappa shape index (κ1) is 20.6. The maximum atomic E-state index is 14.5. The van der Waals surface area contributed by atoms with Crippen molar-refractivity contribution in [1.82, 2.24) is 0 Å². The van der Waals surface area contributed by atoms with Crippen molar-refractivity contribution < 1.29 is 23.4 Å². The van der Waals surface area contributed by atoms with E-state index in [9.17, 15) is 18.7 Å². The van der Waals surface area contributed by atoms with Crippen LogP contribution in [0.5, 0.6) is 0 Å². The molecule has 0 aliphatic heterocycles. The largest absolute Gasteiger partial charge is 0.458 e. The number of esters is 1. The van der Waals surface area contributed by atoms with Crippen LogP contribution in [0.3, 0.4) is 0 Å². The van der Waals surface area contributed by atoms with Crippen LogP contribution in [0, 0.1) is 11.6 Å². The van der Waals surface area contributed by atoms with Gasteiger partial charge in [-0.25, -0.2) is 8.78 Å². The van der Waals surface area contributed by atoms with E-state index in [1.165, 1.54) is 38.1 Å². The van der Waals surface area contributed by atoms with E-state index in [4.69, 9.17) is 33.7 Å². The second kappa shape index (κ2) is 7.88. The van der Waals surface area contributed by atoms with E-state index in [0.29, 0.717) is 0 Å². The minimum atomic E-state index is -2.34. The van der Waals surface area contributed by atoms with Crippen molar-refractivity contribution in [2.24, 2.45) is 5.73 Å². The smallest absolute Gasteiger partial charge is 0.323 e. The molecule has 2 aromatic carbocycles. The topological polar surface area (TPSA) is 72.6 Å². The van der Waals surface area contributed by atoms with Crippen molar-refractivity contribution in [2.45, 2.75) is 31.6 Å². The molecule has 140 valence electrons. The third kappa shape index (κ3) is 3.99. The normalized spacial score (nSPS) is 14.0. The Bertz CT molecular complexity index is 779. The fraction of sp³-hybridized carbons (Fsp3) is 0.278. The molecule has 0 spiro atoms. The van der Waals surface area contributed by atoms with E-state index in [1.54, 1.807) is 0 Å². The number of carbonyl (C=O) groups excluding carboxylic acids is 1. The van der Waals surface area contributed by atoms with Crippen LogP contribution in [0.4, 0.5) is 8.78 Å². The van der Waals surface area contributed by atoms with Crippen LogP contribution in [0.15, 0.2) is 36.4 Å². The number of rotatable bonds is 5. The number of hydrogen-bond acceptors (Lipinski definition) is 4. The van der Waals surface area contributed by atoms with Crippen molar-refractivity contribution in [2.75, 3.05) is 0 Å². The molecular formula is C18H17Cl2F2NO3. The first-order valence-corrected chi connectivity index (χ1v) is 8.42. The third-order valence-corrected chi connectivity index (χ3v) is 4.41. The number of ether oxygens (including phenoxy) is 1. The van der Waals surface area contributed by atoms with Crippen LogP contribution >= 0.6 is 23.2 Å².